The zero-order chi connectivity index (χ0) is 19.0. The Morgan fingerprint density at radius 2 is 1.81 bits per heavy atom. The average molecular weight is 366 g/mol. The van der Waals surface area contributed by atoms with Crippen LogP contribution in [0.1, 0.15) is 47.2 Å². The third-order valence-corrected chi connectivity index (χ3v) is 5.09. The maximum absolute atomic E-state index is 12.6. The SMILES string of the molecule is Cc1cnn(CC2CC2)c1NC(=O)c1ccc(CN2C(=O)CCC2=O)cc1. The molecule has 7 nitrogen and oxygen atoms in total. The van der Waals surface area contributed by atoms with E-state index in [2.05, 4.69) is 10.4 Å². The number of rotatable bonds is 6. The van der Waals surface area contributed by atoms with Crippen LogP contribution in [0.15, 0.2) is 30.5 Å². The molecule has 0 atom stereocenters. The van der Waals surface area contributed by atoms with Crippen molar-refractivity contribution in [3.8, 4) is 0 Å². The minimum atomic E-state index is -0.199. The first-order chi connectivity index (χ1) is 13.0. The summed E-state index contributed by atoms with van der Waals surface area (Å²) >= 11 is 0. The van der Waals surface area contributed by atoms with Crippen LogP contribution in [0, 0.1) is 12.8 Å². The van der Waals surface area contributed by atoms with Crippen LogP contribution < -0.4 is 5.32 Å². The maximum atomic E-state index is 12.6. The Morgan fingerprint density at radius 1 is 1.15 bits per heavy atom. The number of hydrogen-bond acceptors (Lipinski definition) is 4. The van der Waals surface area contributed by atoms with Crippen molar-refractivity contribution in [3.05, 3.63) is 47.2 Å². The summed E-state index contributed by atoms with van der Waals surface area (Å²) in [6.45, 7) is 3.02. The molecule has 7 heteroatoms. The minimum absolute atomic E-state index is 0.138. The molecule has 1 aliphatic heterocycles. The van der Waals surface area contributed by atoms with Crippen LogP contribution in [0.3, 0.4) is 0 Å². The van der Waals surface area contributed by atoms with Crippen LogP contribution in [0.5, 0.6) is 0 Å². The van der Waals surface area contributed by atoms with Crippen molar-refractivity contribution >= 4 is 23.5 Å². The van der Waals surface area contributed by atoms with Crippen molar-refractivity contribution in [2.45, 2.75) is 45.7 Å². The molecule has 27 heavy (non-hydrogen) atoms. The fourth-order valence-electron chi connectivity index (χ4n) is 3.25. The van der Waals surface area contributed by atoms with E-state index in [0.29, 0.717) is 11.5 Å². The van der Waals surface area contributed by atoms with Crippen molar-refractivity contribution in [2.75, 3.05) is 5.32 Å². The fourth-order valence-corrected chi connectivity index (χ4v) is 3.25. The van der Waals surface area contributed by atoms with Gasteiger partial charge in [0, 0.05) is 30.5 Å². The minimum Gasteiger partial charge on any atom is -0.307 e. The Bertz CT molecular complexity index is 880. The summed E-state index contributed by atoms with van der Waals surface area (Å²) < 4.78 is 1.86. The number of nitrogens with one attached hydrogen (secondary N) is 1. The number of aryl methyl sites for hydroxylation is 1. The fraction of sp³-hybridized carbons (Fsp3) is 0.400. The highest BCUT2D eigenvalue weighted by atomic mass is 16.2. The van der Waals surface area contributed by atoms with E-state index in [1.165, 1.54) is 17.7 Å². The lowest BCUT2D eigenvalue weighted by Gasteiger charge is -2.14. The second-order valence-electron chi connectivity index (χ2n) is 7.33. The van der Waals surface area contributed by atoms with Gasteiger partial charge in [-0.05, 0) is 43.4 Å². The Morgan fingerprint density at radius 3 is 2.44 bits per heavy atom. The lowest BCUT2D eigenvalue weighted by molar-refractivity contribution is -0.139. The average Bonchev–Trinajstić information content (AvgIpc) is 3.35. The van der Waals surface area contributed by atoms with Gasteiger partial charge in [-0.15, -0.1) is 0 Å². The predicted octanol–water partition coefficient (Wildman–Crippen LogP) is 2.50. The van der Waals surface area contributed by atoms with Crippen LogP contribution in [0.4, 0.5) is 5.82 Å². The molecule has 0 spiro atoms. The molecule has 1 saturated heterocycles. The summed E-state index contributed by atoms with van der Waals surface area (Å²) in [6, 6.07) is 6.99. The summed E-state index contributed by atoms with van der Waals surface area (Å²) in [6.07, 6.45) is 4.77. The van der Waals surface area contributed by atoms with Gasteiger partial charge in [0.2, 0.25) is 11.8 Å². The number of amides is 3. The third kappa shape index (κ3) is 3.77. The smallest absolute Gasteiger partial charge is 0.256 e. The number of benzene rings is 1. The molecule has 3 amide bonds. The first kappa shape index (κ1) is 17.5. The zero-order valence-corrected chi connectivity index (χ0v) is 15.3. The number of imide groups is 1. The highest BCUT2D eigenvalue weighted by Crippen LogP contribution is 2.32. The topological polar surface area (TPSA) is 84.3 Å². The van der Waals surface area contributed by atoms with Gasteiger partial charge in [-0.25, -0.2) is 4.68 Å². The van der Waals surface area contributed by atoms with E-state index in [-0.39, 0.29) is 37.1 Å². The lowest BCUT2D eigenvalue weighted by Crippen LogP contribution is -2.28. The molecule has 2 aromatic rings. The molecule has 0 unspecified atom stereocenters. The number of likely N-dealkylation sites (tertiary alicyclic amines) is 1. The van der Waals surface area contributed by atoms with E-state index < -0.39 is 0 Å². The number of anilines is 1. The molecule has 1 aromatic carbocycles. The summed E-state index contributed by atoms with van der Waals surface area (Å²) in [5, 5.41) is 7.32. The van der Waals surface area contributed by atoms with E-state index in [1.807, 2.05) is 11.6 Å². The van der Waals surface area contributed by atoms with Gasteiger partial charge < -0.3 is 5.32 Å². The van der Waals surface area contributed by atoms with Gasteiger partial charge in [-0.3, -0.25) is 19.3 Å². The molecule has 1 aliphatic carbocycles. The van der Waals surface area contributed by atoms with E-state index in [9.17, 15) is 14.4 Å². The number of carbonyl (C=O) groups excluding carboxylic acids is 3. The van der Waals surface area contributed by atoms with Crippen molar-refractivity contribution in [2.24, 2.45) is 5.92 Å². The van der Waals surface area contributed by atoms with Crippen molar-refractivity contribution in [1.82, 2.24) is 14.7 Å². The highest BCUT2D eigenvalue weighted by molar-refractivity contribution is 6.04. The van der Waals surface area contributed by atoms with Crippen LogP contribution >= 0.6 is 0 Å². The Balaban J connectivity index is 1.43. The van der Waals surface area contributed by atoms with Gasteiger partial charge in [0.15, 0.2) is 0 Å². The van der Waals surface area contributed by atoms with Crippen molar-refractivity contribution in [1.29, 1.82) is 0 Å². The predicted molar refractivity (Wildman–Crippen MR) is 98.9 cm³/mol. The second-order valence-corrected chi connectivity index (χ2v) is 7.33. The molecule has 140 valence electrons. The molecule has 0 radical (unpaired) electrons. The van der Waals surface area contributed by atoms with Gasteiger partial charge >= 0.3 is 0 Å². The number of carbonyl (C=O) groups is 3. The molecular formula is C20H22N4O3. The molecule has 1 aromatic heterocycles. The second kappa shape index (κ2) is 6.98. The molecule has 1 N–H and O–H groups in total. The standard InChI is InChI=1S/C20H22N4O3/c1-13-10-21-24(12-15-2-3-15)19(13)22-20(27)16-6-4-14(5-7-16)11-23-17(25)8-9-18(23)26/h4-7,10,15H,2-3,8-9,11-12H2,1H3,(H,22,27). The molecule has 2 fully saturated rings. The summed E-state index contributed by atoms with van der Waals surface area (Å²) in [7, 11) is 0. The Labute approximate surface area is 157 Å². The van der Waals surface area contributed by atoms with Gasteiger partial charge in [0.25, 0.3) is 5.91 Å². The van der Waals surface area contributed by atoms with E-state index >= 15 is 0 Å². The summed E-state index contributed by atoms with van der Waals surface area (Å²) in [5.74, 6) is 0.928. The number of aromatic nitrogens is 2. The molecule has 4 rings (SSSR count). The summed E-state index contributed by atoms with van der Waals surface area (Å²) in [5.41, 5.74) is 2.29. The maximum Gasteiger partial charge on any atom is 0.256 e. The van der Waals surface area contributed by atoms with E-state index in [4.69, 9.17) is 0 Å². The van der Waals surface area contributed by atoms with Crippen LogP contribution in [0.2, 0.25) is 0 Å². The molecule has 1 saturated carbocycles. The Hall–Kier alpha value is -2.96. The number of hydrogen-bond donors (Lipinski definition) is 1. The van der Waals surface area contributed by atoms with Gasteiger partial charge in [0.1, 0.15) is 5.82 Å². The third-order valence-electron chi connectivity index (χ3n) is 5.09. The zero-order valence-electron chi connectivity index (χ0n) is 15.3. The molecule has 2 heterocycles. The first-order valence-electron chi connectivity index (χ1n) is 9.27. The van der Waals surface area contributed by atoms with Crippen LogP contribution in [-0.2, 0) is 22.7 Å². The van der Waals surface area contributed by atoms with Crippen molar-refractivity contribution in [3.63, 3.8) is 0 Å². The molecule has 2 aliphatic rings. The molecule has 0 bridgehead atoms. The van der Waals surface area contributed by atoms with Crippen molar-refractivity contribution < 1.29 is 14.4 Å². The summed E-state index contributed by atoms with van der Waals surface area (Å²) in [4.78, 5) is 37.3. The largest absolute Gasteiger partial charge is 0.307 e. The van der Waals surface area contributed by atoms with Crippen LogP contribution in [-0.4, -0.2) is 32.4 Å². The Kier molecular flexibility index (Phi) is 4.51. The highest BCUT2D eigenvalue weighted by Gasteiger charge is 2.28. The van der Waals surface area contributed by atoms with E-state index in [1.54, 1.807) is 30.5 Å². The monoisotopic (exact) mass is 366 g/mol. The van der Waals surface area contributed by atoms with Gasteiger partial charge in [-0.1, -0.05) is 12.1 Å². The first-order valence-corrected chi connectivity index (χ1v) is 9.27. The van der Waals surface area contributed by atoms with Crippen LogP contribution in [0.25, 0.3) is 0 Å². The lowest BCUT2D eigenvalue weighted by atomic mass is 10.1. The van der Waals surface area contributed by atoms with Gasteiger partial charge in [-0.2, -0.15) is 5.10 Å². The normalized spacial score (nSPS) is 16.9. The molecular weight excluding hydrogens is 344 g/mol. The number of nitrogens with zero attached hydrogens (tertiary/aromatic N) is 3. The quantitative estimate of drug-likeness (QED) is 0.796. The van der Waals surface area contributed by atoms with E-state index in [0.717, 1.165) is 23.5 Å². The van der Waals surface area contributed by atoms with Gasteiger partial charge in [0.05, 0.1) is 12.7 Å².